The van der Waals surface area contributed by atoms with Crippen LogP contribution in [0.3, 0.4) is 0 Å². The van der Waals surface area contributed by atoms with Gasteiger partial charge in [-0.25, -0.2) is 0 Å². The summed E-state index contributed by atoms with van der Waals surface area (Å²) in [6, 6.07) is 21.9. The topological polar surface area (TPSA) is 47.5 Å². The van der Waals surface area contributed by atoms with E-state index in [9.17, 15) is 0 Å². The lowest BCUT2D eigenvalue weighted by molar-refractivity contribution is 0.244. The number of rotatable bonds is 9. The molecule has 0 unspecified atom stereocenters. The van der Waals surface area contributed by atoms with Gasteiger partial charge in [-0.05, 0) is 17.5 Å². The Hall–Kier alpha value is -3.08. The van der Waals surface area contributed by atoms with Crippen LogP contribution < -0.4 is 14.4 Å². The van der Waals surface area contributed by atoms with Gasteiger partial charge in [-0.15, -0.1) is 10.2 Å². The predicted octanol–water partition coefficient (Wildman–Crippen LogP) is 4.48. The molecular weight excluding hydrogens is 338 g/mol. The smallest absolute Gasteiger partial charge is 0.276 e. The standard InChI is InChI=1S/C22H25N3O2/c1-3-14-25(2)21-15-20(26-16-18-10-6-4-7-11-18)22(24-23-21)27-17-19-12-8-5-9-13-19/h4-13,15H,3,14,16-17H2,1-2H3. The van der Waals surface area contributed by atoms with Crippen molar-refractivity contribution < 1.29 is 9.47 Å². The molecule has 0 N–H and O–H groups in total. The van der Waals surface area contributed by atoms with Crippen LogP contribution in [-0.4, -0.2) is 23.8 Å². The number of ether oxygens (including phenoxy) is 2. The number of anilines is 1. The van der Waals surface area contributed by atoms with Crippen LogP contribution in [0.1, 0.15) is 24.5 Å². The molecule has 0 aliphatic rings. The number of nitrogens with zero attached hydrogens (tertiary/aromatic N) is 3. The second-order valence-corrected chi connectivity index (χ2v) is 6.34. The van der Waals surface area contributed by atoms with Crippen LogP contribution in [-0.2, 0) is 13.2 Å². The van der Waals surface area contributed by atoms with Crippen molar-refractivity contribution in [1.29, 1.82) is 0 Å². The number of hydrogen-bond acceptors (Lipinski definition) is 5. The van der Waals surface area contributed by atoms with Crippen LogP contribution in [0.5, 0.6) is 11.6 Å². The average molecular weight is 363 g/mol. The van der Waals surface area contributed by atoms with E-state index in [4.69, 9.17) is 9.47 Å². The fourth-order valence-corrected chi connectivity index (χ4v) is 2.65. The first kappa shape index (κ1) is 18.7. The Balaban J connectivity index is 1.77. The SMILES string of the molecule is CCCN(C)c1cc(OCc2ccccc2)c(OCc2ccccc2)nn1. The fraction of sp³-hybridized carbons (Fsp3) is 0.273. The minimum Gasteiger partial charge on any atom is -0.483 e. The summed E-state index contributed by atoms with van der Waals surface area (Å²) in [5.41, 5.74) is 2.16. The average Bonchev–Trinajstić information content (AvgIpc) is 2.72. The molecule has 0 amide bonds. The van der Waals surface area contributed by atoms with E-state index < -0.39 is 0 Å². The molecule has 0 fully saturated rings. The first-order chi connectivity index (χ1) is 13.3. The molecule has 0 atom stereocenters. The molecule has 0 saturated heterocycles. The van der Waals surface area contributed by atoms with E-state index in [0.717, 1.165) is 29.9 Å². The van der Waals surface area contributed by atoms with Crippen LogP contribution >= 0.6 is 0 Å². The molecule has 3 rings (SSSR count). The molecule has 0 spiro atoms. The van der Waals surface area contributed by atoms with E-state index in [-0.39, 0.29) is 0 Å². The van der Waals surface area contributed by atoms with Crippen molar-refractivity contribution in [3.63, 3.8) is 0 Å². The second-order valence-electron chi connectivity index (χ2n) is 6.34. The Kier molecular flexibility index (Phi) is 6.63. The van der Waals surface area contributed by atoms with Gasteiger partial charge in [-0.2, -0.15) is 0 Å². The largest absolute Gasteiger partial charge is 0.483 e. The highest BCUT2D eigenvalue weighted by Crippen LogP contribution is 2.29. The fourth-order valence-electron chi connectivity index (χ4n) is 2.65. The molecule has 0 bridgehead atoms. The highest BCUT2D eigenvalue weighted by atomic mass is 16.5. The van der Waals surface area contributed by atoms with Crippen molar-refractivity contribution in [3.05, 3.63) is 77.9 Å². The maximum Gasteiger partial charge on any atom is 0.276 e. The van der Waals surface area contributed by atoms with Gasteiger partial charge in [0.25, 0.3) is 5.88 Å². The Morgan fingerprint density at radius 3 is 2.00 bits per heavy atom. The molecule has 0 saturated carbocycles. The normalized spacial score (nSPS) is 10.4. The predicted molar refractivity (Wildman–Crippen MR) is 107 cm³/mol. The van der Waals surface area contributed by atoms with Gasteiger partial charge in [0.1, 0.15) is 13.2 Å². The van der Waals surface area contributed by atoms with Crippen molar-refractivity contribution in [3.8, 4) is 11.6 Å². The van der Waals surface area contributed by atoms with Crippen LogP contribution in [0.15, 0.2) is 66.7 Å². The van der Waals surface area contributed by atoms with Crippen LogP contribution in [0.25, 0.3) is 0 Å². The van der Waals surface area contributed by atoms with Gasteiger partial charge < -0.3 is 14.4 Å². The van der Waals surface area contributed by atoms with E-state index in [2.05, 4.69) is 22.0 Å². The molecule has 0 radical (unpaired) electrons. The van der Waals surface area contributed by atoms with Gasteiger partial charge in [0.2, 0.25) is 0 Å². The third-order valence-corrected chi connectivity index (χ3v) is 4.12. The molecule has 2 aromatic carbocycles. The lowest BCUT2D eigenvalue weighted by atomic mass is 10.2. The van der Waals surface area contributed by atoms with E-state index in [0.29, 0.717) is 24.8 Å². The second kappa shape index (κ2) is 9.57. The molecule has 140 valence electrons. The monoisotopic (exact) mass is 363 g/mol. The van der Waals surface area contributed by atoms with E-state index >= 15 is 0 Å². The summed E-state index contributed by atoms with van der Waals surface area (Å²) in [6.45, 7) is 3.90. The summed E-state index contributed by atoms with van der Waals surface area (Å²) in [4.78, 5) is 2.06. The highest BCUT2D eigenvalue weighted by Gasteiger charge is 2.13. The summed E-state index contributed by atoms with van der Waals surface area (Å²) in [5.74, 6) is 1.78. The molecule has 1 heterocycles. The van der Waals surface area contributed by atoms with Crippen LogP contribution in [0.4, 0.5) is 5.82 Å². The van der Waals surface area contributed by atoms with Crippen LogP contribution in [0.2, 0.25) is 0 Å². The zero-order valence-electron chi connectivity index (χ0n) is 15.8. The third kappa shape index (κ3) is 5.45. The lowest BCUT2D eigenvalue weighted by Crippen LogP contribution is -2.19. The molecule has 27 heavy (non-hydrogen) atoms. The van der Waals surface area contributed by atoms with Gasteiger partial charge in [0, 0.05) is 19.7 Å². The molecule has 0 aliphatic carbocycles. The molecular formula is C22H25N3O2. The van der Waals surface area contributed by atoms with Gasteiger partial charge in [-0.3, -0.25) is 0 Å². The van der Waals surface area contributed by atoms with Crippen molar-refractivity contribution in [2.45, 2.75) is 26.6 Å². The maximum atomic E-state index is 6.03. The third-order valence-electron chi connectivity index (χ3n) is 4.12. The van der Waals surface area contributed by atoms with Gasteiger partial charge in [0.15, 0.2) is 11.6 Å². The molecule has 5 nitrogen and oxygen atoms in total. The Morgan fingerprint density at radius 1 is 0.815 bits per heavy atom. The minimum atomic E-state index is 0.406. The quantitative estimate of drug-likeness (QED) is 0.561. The highest BCUT2D eigenvalue weighted by molar-refractivity contribution is 5.46. The van der Waals surface area contributed by atoms with E-state index in [1.807, 2.05) is 73.8 Å². The molecule has 1 aromatic heterocycles. The first-order valence-electron chi connectivity index (χ1n) is 9.18. The lowest BCUT2D eigenvalue weighted by Gasteiger charge is -2.18. The zero-order valence-corrected chi connectivity index (χ0v) is 15.8. The van der Waals surface area contributed by atoms with Gasteiger partial charge >= 0.3 is 0 Å². The first-order valence-corrected chi connectivity index (χ1v) is 9.18. The molecule has 3 aromatic rings. The molecule has 0 aliphatic heterocycles. The summed E-state index contributed by atoms with van der Waals surface area (Å²) < 4.78 is 11.9. The Bertz CT molecular complexity index is 825. The Labute approximate surface area is 160 Å². The van der Waals surface area contributed by atoms with Crippen molar-refractivity contribution in [2.24, 2.45) is 0 Å². The van der Waals surface area contributed by atoms with E-state index in [1.54, 1.807) is 0 Å². The van der Waals surface area contributed by atoms with E-state index in [1.165, 1.54) is 0 Å². The van der Waals surface area contributed by atoms with Crippen molar-refractivity contribution in [2.75, 3.05) is 18.5 Å². The maximum absolute atomic E-state index is 6.03. The van der Waals surface area contributed by atoms with Crippen LogP contribution in [0, 0.1) is 0 Å². The number of aromatic nitrogens is 2. The van der Waals surface area contributed by atoms with Crippen molar-refractivity contribution in [1.82, 2.24) is 10.2 Å². The number of hydrogen-bond donors (Lipinski definition) is 0. The molecule has 5 heteroatoms. The summed E-state index contributed by atoms with van der Waals surface area (Å²) in [6.07, 6.45) is 1.03. The Morgan fingerprint density at radius 2 is 1.41 bits per heavy atom. The van der Waals surface area contributed by atoms with Gasteiger partial charge in [0.05, 0.1) is 0 Å². The number of benzene rings is 2. The summed E-state index contributed by atoms with van der Waals surface area (Å²) >= 11 is 0. The minimum absolute atomic E-state index is 0.406. The summed E-state index contributed by atoms with van der Waals surface area (Å²) in [5, 5.41) is 8.57. The van der Waals surface area contributed by atoms with Gasteiger partial charge in [-0.1, -0.05) is 67.6 Å². The zero-order chi connectivity index (χ0) is 18.9. The summed E-state index contributed by atoms with van der Waals surface area (Å²) in [7, 11) is 2.00. The van der Waals surface area contributed by atoms with Crippen molar-refractivity contribution >= 4 is 5.82 Å².